The van der Waals surface area contributed by atoms with Gasteiger partial charge in [0.25, 0.3) is 0 Å². The lowest BCUT2D eigenvalue weighted by atomic mass is 10.1. The van der Waals surface area contributed by atoms with Crippen molar-refractivity contribution in [3.05, 3.63) is 42.6 Å². The minimum absolute atomic E-state index is 0.257. The maximum Gasteiger partial charge on any atom is 0.138 e. The number of fused-ring (bicyclic) bond motifs is 1. The number of rotatable bonds is 3. The number of β-amino-alcohol motifs (C(OH)–C–C–N with tert-alkyl or cyclic N) is 1. The summed E-state index contributed by atoms with van der Waals surface area (Å²) in [5.74, 6) is 0.950. The van der Waals surface area contributed by atoms with Crippen LogP contribution in [-0.2, 0) is 0 Å². The number of para-hydroxylation sites is 1. The van der Waals surface area contributed by atoms with Crippen molar-refractivity contribution in [1.82, 2.24) is 9.97 Å². The Morgan fingerprint density at radius 3 is 2.91 bits per heavy atom. The molecule has 3 aromatic rings. The quantitative estimate of drug-likeness (QED) is 0.724. The van der Waals surface area contributed by atoms with Crippen LogP contribution >= 0.6 is 11.8 Å². The monoisotopic (exact) mass is 325 g/mol. The number of aliphatic hydroxyl groups excluding tert-OH is 1. The van der Waals surface area contributed by atoms with Crippen LogP contribution < -0.4 is 4.90 Å². The normalized spacial score (nSPS) is 18.0. The van der Waals surface area contributed by atoms with Crippen LogP contribution in [0.15, 0.2) is 47.5 Å². The van der Waals surface area contributed by atoms with Crippen LogP contribution in [0.25, 0.3) is 22.2 Å². The van der Waals surface area contributed by atoms with E-state index in [-0.39, 0.29) is 6.10 Å². The maximum atomic E-state index is 9.86. The number of pyridine rings is 1. The Balaban J connectivity index is 1.84. The molecule has 0 aliphatic carbocycles. The highest BCUT2D eigenvalue weighted by Gasteiger charge is 2.24. The van der Waals surface area contributed by atoms with E-state index in [1.165, 1.54) is 5.39 Å². The molecule has 4 nitrogen and oxygen atoms in total. The molecular formula is C18H19N3OS. The van der Waals surface area contributed by atoms with Crippen LogP contribution in [0.5, 0.6) is 0 Å². The molecule has 0 bridgehead atoms. The van der Waals surface area contributed by atoms with Gasteiger partial charge in [0.2, 0.25) is 0 Å². The van der Waals surface area contributed by atoms with E-state index in [4.69, 9.17) is 0 Å². The number of benzene rings is 1. The molecule has 0 saturated carbocycles. The van der Waals surface area contributed by atoms with Crippen molar-refractivity contribution in [2.45, 2.75) is 17.4 Å². The van der Waals surface area contributed by atoms with E-state index in [9.17, 15) is 5.11 Å². The van der Waals surface area contributed by atoms with E-state index in [2.05, 4.69) is 45.4 Å². The maximum absolute atomic E-state index is 9.86. The Hall–Kier alpha value is -1.98. The fraction of sp³-hybridized carbons (Fsp3) is 0.278. The van der Waals surface area contributed by atoms with Gasteiger partial charge < -0.3 is 15.0 Å². The first-order valence-electron chi connectivity index (χ1n) is 7.80. The zero-order chi connectivity index (χ0) is 15.8. The summed E-state index contributed by atoms with van der Waals surface area (Å²) in [7, 11) is 0. The smallest absolute Gasteiger partial charge is 0.138 e. The van der Waals surface area contributed by atoms with Gasteiger partial charge in [-0.2, -0.15) is 0 Å². The molecule has 23 heavy (non-hydrogen) atoms. The second kappa shape index (κ2) is 5.91. The number of anilines is 1. The minimum atomic E-state index is -0.257. The van der Waals surface area contributed by atoms with Gasteiger partial charge in [0.1, 0.15) is 5.82 Å². The summed E-state index contributed by atoms with van der Waals surface area (Å²) in [5.41, 5.74) is 3.30. The molecule has 118 valence electrons. The molecule has 3 heterocycles. The summed E-state index contributed by atoms with van der Waals surface area (Å²) in [6.45, 7) is 1.50. The third-order valence-electron chi connectivity index (χ3n) is 4.36. The molecule has 0 radical (unpaired) electrons. The molecule has 1 aliphatic rings. The van der Waals surface area contributed by atoms with E-state index < -0.39 is 0 Å². The second-order valence-electron chi connectivity index (χ2n) is 5.91. The molecule has 1 atom stereocenters. The third-order valence-corrected chi connectivity index (χ3v) is 5.05. The Bertz CT molecular complexity index is 812. The largest absolute Gasteiger partial charge is 0.391 e. The summed E-state index contributed by atoms with van der Waals surface area (Å²) in [4.78, 5) is 11.5. The predicted molar refractivity (Wildman–Crippen MR) is 96.1 cm³/mol. The molecule has 5 heteroatoms. The molecule has 1 fully saturated rings. The standard InChI is InChI=1S/C18H19N3OS/c1-23-14-9-15(17-8-12-4-2-3-5-16(12)20-17)18(19-10-14)21-7-6-13(22)11-21/h2-5,8-10,13,20,22H,6-7,11H2,1H3. The lowest BCUT2D eigenvalue weighted by molar-refractivity contribution is 0.198. The third kappa shape index (κ3) is 2.71. The lowest BCUT2D eigenvalue weighted by Gasteiger charge is -2.20. The number of hydrogen-bond acceptors (Lipinski definition) is 4. The Morgan fingerprint density at radius 2 is 2.17 bits per heavy atom. The SMILES string of the molecule is CSc1cnc(N2CCC(O)C2)c(-c2cc3ccccc3[nH]2)c1. The van der Waals surface area contributed by atoms with Gasteiger partial charge in [-0.05, 0) is 30.9 Å². The highest BCUT2D eigenvalue weighted by molar-refractivity contribution is 7.98. The van der Waals surface area contributed by atoms with E-state index in [0.29, 0.717) is 6.54 Å². The van der Waals surface area contributed by atoms with Gasteiger partial charge in [0.15, 0.2) is 0 Å². The number of hydrogen-bond donors (Lipinski definition) is 2. The number of aliphatic hydroxyl groups is 1. The second-order valence-corrected chi connectivity index (χ2v) is 6.78. The first-order chi connectivity index (χ1) is 11.2. The van der Waals surface area contributed by atoms with Crippen molar-refractivity contribution in [2.24, 2.45) is 0 Å². The van der Waals surface area contributed by atoms with Crippen molar-refractivity contribution in [2.75, 3.05) is 24.2 Å². The van der Waals surface area contributed by atoms with Gasteiger partial charge in [0, 0.05) is 40.6 Å². The number of thioether (sulfide) groups is 1. The van der Waals surface area contributed by atoms with E-state index in [0.717, 1.165) is 40.5 Å². The first kappa shape index (κ1) is 14.6. The summed E-state index contributed by atoms with van der Waals surface area (Å²) in [5, 5.41) is 11.1. The van der Waals surface area contributed by atoms with Crippen molar-refractivity contribution >= 4 is 28.5 Å². The van der Waals surface area contributed by atoms with Crippen molar-refractivity contribution in [1.29, 1.82) is 0 Å². The Labute approximate surface area is 139 Å². The van der Waals surface area contributed by atoms with Crippen molar-refractivity contribution in [3.8, 4) is 11.3 Å². The zero-order valence-corrected chi connectivity index (χ0v) is 13.8. The number of nitrogens with one attached hydrogen (secondary N) is 1. The molecule has 1 saturated heterocycles. The van der Waals surface area contributed by atoms with Gasteiger partial charge in [-0.25, -0.2) is 4.98 Å². The topological polar surface area (TPSA) is 52.1 Å². The van der Waals surface area contributed by atoms with Crippen molar-refractivity contribution in [3.63, 3.8) is 0 Å². The van der Waals surface area contributed by atoms with Gasteiger partial charge >= 0.3 is 0 Å². The van der Waals surface area contributed by atoms with Crippen LogP contribution in [-0.4, -0.2) is 40.5 Å². The predicted octanol–water partition coefficient (Wildman–Crippen LogP) is 3.52. The van der Waals surface area contributed by atoms with Gasteiger partial charge in [0.05, 0.1) is 11.8 Å². The molecule has 2 aromatic heterocycles. The number of aromatic nitrogens is 2. The van der Waals surface area contributed by atoms with Gasteiger partial charge in [-0.1, -0.05) is 18.2 Å². The van der Waals surface area contributed by atoms with Crippen LogP contribution in [0.1, 0.15) is 6.42 Å². The van der Waals surface area contributed by atoms with Crippen LogP contribution in [0, 0.1) is 0 Å². The molecule has 4 rings (SSSR count). The fourth-order valence-electron chi connectivity index (χ4n) is 3.15. The lowest BCUT2D eigenvalue weighted by Crippen LogP contribution is -2.23. The van der Waals surface area contributed by atoms with E-state index >= 15 is 0 Å². The molecule has 1 aliphatic heterocycles. The highest BCUT2D eigenvalue weighted by Crippen LogP contribution is 2.34. The molecule has 0 amide bonds. The Kier molecular flexibility index (Phi) is 3.75. The van der Waals surface area contributed by atoms with Crippen molar-refractivity contribution < 1.29 is 5.11 Å². The summed E-state index contributed by atoms with van der Waals surface area (Å²) >= 11 is 1.69. The van der Waals surface area contributed by atoms with E-state index in [1.54, 1.807) is 11.8 Å². The molecule has 1 aromatic carbocycles. The summed E-state index contributed by atoms with van der Waals surface area (Å²) < 4.78 is 0. The molecule has 0 spiro atoms. The van der Waals surface area contributed by atoms with E-state index in [1.807, 2.05) is 18.3 Å². The summed E-state index contributed by atoms with van der Waals surface area (Å²) in [6, 6.07) is 12.6. The van der Waals surface area contributed by atoms with Crippen LogP contribution in [0.3, 0.4) is 0 Å². The van der Waals surface area contributed by atoms with Crippen LogP contribution in [0.2, 0.25) is 0 Å². The summed E-state index contributed by atoms with van der Waals surface area (Å²) in [6.07, 6.45) is 4.52. The average molecular weight is 325 g/mol. The Morgan fingerprint density at radius 1 is 1.30 bits per heavy atom. The number of aromatic amines is 1. The van der Waals surface area contributed by atoms with Crippen LogP contribution in [0.4, 0.5) is 5.82 Å². The average Bonchev–Trinajstić information content (AvgIpc) is 3.20. The molecular weight excluding hydrogens is 306 g/mol. The number of H-pyrrole nitrogens is 1. The van der Waals surface area contributed by atoms with Gasteiger partial charge in [-0.15, -0.1) is 11.8 Å². The minimum Gasteiger partial charge on any atom is -0.391 e. The fourth-order valence-corrected chi connectivity index (χ4v) is 3.55. The highest BCUT2D eigenvalue weighted by atomic mass is 32.2. The first-order valence-corrected chi connectivity index (χ1v) is 9.02. The zero-order valence-electron chi connectivity index (χ0n) is 13.0. The molecule has 2 N–H and O–H groups in total. The molecule has 1 unspecified atom stereocenters. The van der Waals surface area contributed by atoms with Gasteiger partial charge in [-0.3, -0.25) is 0 Å². The number of nitrogens with zero attached hydrogens (tertiary/aromatic N) is 2.